The third-order valence-corrected chi connectivity index (χ3v) is 3.42. The second kappa shape index (κ2) is 7.40. The number of hydrogen-bond acceptors (Lipinski definition) is 4. The monoisotopic (exact) mass is 314 g/mol. The fourth-order valence-corrected chi connectivity index (χ4v) is 2.16. The van der Waals surface area contributed by atoms with E-state index in [2.05, 4.69) is 5.32 Å². The Hall–Kier alpha value is -2.89. The molecule has 2 aromatic carbocycles. The average molecular weight is 314 g/mol. The van der Waals surface area contributed by atoms with E-state index in [-0.39, 0.29) is 23.7 Å². The number of carbonyl (C=O) groups is 1. The molecule has 0 bridgehead atoms. The second-order valence-electron chi connectivity index (χ2n) is 5.17. The molecule has 2 aromatic rings. The highest BCUT2D eigenvalue weighted by atomic mass is 16.6. The minimum Gasteiger partial charge on any atom is -0.497 e. The number of rotatable bonds is 6. The first-order valence-electron chi connectivity index (χ1n) is 7.17. The van der Waals surface area contributed by atoms with Crippen LogP contribution in [0.15, 0.2) is 42.5 Å². The van der Waals surface area contributed by atoms with Gasteiger partial charge < -0.3 is 10.1 Å². The van der Waals surface area contributed by atoms with E-state index in [1.807, 2.05) is 24.3 Å². The van der Waals surface area contributed by atoms with Gasteiger partial charge in [0.1, 0.15) is 11.4 Å². The Bertz CT molecular complexity index is 711. The summed E-state index contributed by atoms with van der Waals surface area (Å²) in [6, 6.07) is 12.2. The summed E-state index contributed by atoms with van der Waals surface area (Å²) in [4.78, 5) is 22.6. The number of nitro benzene ring substituents is 1. The van der Waals surface area contributed by atoms with E-state index >= 15 is 0 Å². The number of hydrogen-bond donors (Lipinski definition) is 1. The summed E-state index contributed by atoms with van der Waals surface area (Å²) in [5.74, 6) is 0.501. The molecule has 0 saturated carbocycles. The summed E-state index contributed by atoms with van der Waals surface area (Å²) < 4.78 is 5.08. The number of anilines is 1. The predicted molar refractivity (Wildman–Crippen MR) is 87.8 cm³/mol. The van der Waals surface area contributed by atoms with Gasteiger partial charge in [0.05, 0.1) is 12.0 Å². The van der Waals surface area contributed by atoms with E-state index in [9.17, 15) is 14.9 Å². The molecule has 0 unspecified atom stereocenters. The third kappa shape index (κ3) is 4.54. The summed E-state index contributed by atoms with van der Waals surface area (Å²) >= 11 is 0. The van der Waals surface area contributed by atoms with Gasteiger partial charge in [0, 0.05) is 12.5 Å². The molecule has 0 heterocycles. The smallest absolute Gasteiger partial charge is 0.293 e. The summed E-state index contributed by atoms with van der Waals surface area (Å²) in [7, 11) is 1.59. The van der Waals surface area contributed by atoms with Gasteiger partial charge in [-0.05, 0) is 42.7 Å². The highest BCUT2D eigenvalue weighted by Gasteiger charge is 2.15. The van der Waals surface area contributed by atoms with Crippen LogP contribution in [0.1, 0.15) is 17.5 Å². The summed E-state index contributed by atoms with van der Waals surface area (Å²) in [6.07, 6.45) is 0.798. The molecule has 0 radical (unpaired) electrons. The molecular weight excluding hydrogens is 296 g/mol. The molecule has 0 aliphatic heterocycles. The Kier molecular flexibility index (Phi) is 5.30. The van der Waals surface area contributed by atoms with Crippen molar-refractivity contribution in [1.29, 1.82) is 0 Å². The van der Waals surface area contributed by atoms with E-state index < -0.39 is 4.92 Å². The SMILES string of the molecule is COc1ccc(CCC(=O)Nc2ccc(C)cc2[N+](=O)[O-])cc1. The molecule has 23 heavy (non-hydrogen) atoms. The van der Waals surface area contributed by atoms with Crippen molar-refractivity contribution in [2.24, 2.45) is 0 Å². The van der Waals surface area contributed by atoms with Crippen molar-refractivity contribution in [3.63, 3.8) is 0 Å². The largest absolute Gasteiger partial charge is 0.497 e. The average Bonchev–Trinajstić information content (AvgIpc) is 2.55. The molecule has 0 saturated heterocycles. The van der Waals surface area contributed by atoms with Gasteiger partial charge >= 0.3 is 0 Å². The standard InChI is InChI=1S/C17H18N2O4/c1-12-3-9-15(16(11-12)19(21)22)18-17(20)10-6-13-4-7-14(23-2)8-5-13/h3-5,7-9,11H,6,10H2,1-2H3,(H,18,20). The fourth-order valence-electron chi connectivity index (χ4n) is 2.16. The Labute approximate surface area is 134 Å². The number of carbonyl (C=O) groups excluding carboxylic acids is 1. The van der Waals surface area contributed by atoms with Crippen LogP contribution in [0.4, 0.5) is 11.4 Å². The molecule has 0 atom stereocenters. The predicted octanol–water partition coefficient (Wildman–Crippen LogP) is 3.48. The van der Waals surface area contributed by atoms with Crippen LogP contribution >= 0.6 is 0 Å². The lowest BCUT2D eigenvalue weighted by Crippen LogP contribution is -2.13. The Balaban J connectivity index is 1.98. The van der Waals surface area contributed by atoms with Gasteiger partial charge in [0.2, 0.25) is 5.91 Å². The first-order chi connectivity index (χ1) is 11.0. The summed E-state index contributed by atoms with van der Waals surface area (Å²) in [6.45, 7) is 1.77. The fraction of sp³-hybridized carbons (Fsp3) is 0.235. The number of nitro groups is 1. The normalized spacial score (nSPS) is 10.2. The second-order valence-corrected chi connectivity index (χ2v) is 5.17. The zero-order valence-corrected chi connectivity index (χ0v) is 13.0. The lowest BCUT2D eigenvalue weighted by Gasteiger charge is -2.07. The minimum absolute atomic E-state index is 0.0946. The molecule has 0 aliphatic carbocycles. The van der Waals surface area contributed by atoms with Crippen molar-refractivity contribution in [2.45, 2.75) is 19.8 Å². The van der Waals surface area contributed by atoms with Crippen LogP contribution in [0.5, 0.6) is 5.75 Å². The number of amides is 1. The summed E-state index contributed by atoms with van der Waals surface area (Å²) in [5, 5.41) is 13.6. The van der Waals surface area contributed by atoms with Gasteiger partial charge in [0.25, 0.3) is 5.69 Å². The number of methoxy groups -OCH3 is 1. The molecule has 0 aromatic heterocycles. The molecule has 0 aliphatic rings. The van der Waals surface area contributed by atoms with Crippen LogP contribution in [0.2, 0.25) is 0 Å². The quantitative estimate of drug-likeness (QED) is 0.653. The van der Waals surface area contributed by atoms with Gasteiger partial charge in [-0.1, -0.05) is 18.2 Å². The number of aryl methyl sites for hydroxylation is 2. The molecular formula is C17H18N2O4. The zero-order valence-electron chi connectivity index (χ0n) is 13.0. The van der Waals surface area contributed by atoms with Crippen molar-refractivity contribution in [2.75, 3.05) is 12.4 Å². The Morgan fingerprint density at radius 3 is 2.52 bits per heavy atom. The Morgan fingerprint density at radius 1 is 1.22 bits per heavy atom. The van der Waals surface area contributed by atoms with Gasteiger partial charge in [-0.15, -0.1) is 0 Å². The maximum Gasteiger partial charge on any atom is 0.293 e. The van der Waals surface area contributed by atoms with E-state index in [0.717, 1.165) is 16.9 Å². The molecule has 1 N–H and O–H groups in total. The zero-order chi connectivity index (χ0) is 16.8. The van der Waals surface area contributed by atoms with Crippen LogP contribution in [-0.2, 0) is 11.2 Å². The third-order valence-electron chi connectivity index (χ3n) is 3.42. The van der Waals surface area contributed by atoms with Crippen molar-refractivity contribution in [3.8, 4) is 5.75 Å². The lowest BCUT2D eigenvalue weighted by atomic mass is 10.1. The van der Waals surface area contributed by atoms with Crippen molar-refractivity contribution in [3.05, 3.63) is 63.7 Å². The van der Waals surface area contributed by atoms with E-state index in [0.29, 0.717) is 6.42 Å². The van der Waals surface area contributed by atoms with Gasteiger partial charge in [-0.2, -0.15) is 0 Å². The molecule has 120 valence electrons. The molecule has 0 fully saturated rings. The van der Waals surface area contributed by atoms with E-state index in [1.54, 1.807) is 26.2 Å². The topological polar surface area (TPSA) is 81.5 Å². The molecule has 1 amide bonds. The van der Waals surface area contributed by atoms with Crippen LogP contribution in [0.3, 0.4) is 0 Å². The van der Waals surface area contributed by atoms with Crippen LogP contribution < -0.4 is 10.1 Å². The van der Waals surface area contributed by atoms with Crippen LogP contribution in [-0.4, -0.2) is 17.9 Å². The molecule has 6 heteroatoms. The van der Waals surface area contributed by atoms with Crippen LogP contribution in [0, 0.1) is 17.0 Å². The highest BCUT2D eigenvalue weighted by Crippen LogP contribution is 2.25. The van der Waals surface area contributed by atoms with E-state index in [1.165, 1.54) is 6.07 Å². The van der Waals surface area contributed by atoms with Gasteiger partial charge in [-0.25, -0.2) is 0 Å². The van der Waals surface area contributed by atoms with Gasteiger partial charge in [-0.3, -0.25) is 14.9 Å². The number of ether oxygens (including phenoxy) is 1. The summed E-state index contributed by atoms with van der Waals surface area (Å²) in [5.41, 5.74) is 1.90. The van der Waals surface area contributed by atoms with Crippen molar-refractivity contribution < 1.29 is 14.5 Å². The number of nitrogens with one attached hydrogen (secondary N) is 1. The van der Waals surface area contributed by atoms with Crippen LogP contribution in [0.25, 0.3) is 0 Å². The lowest BCUT2D eigenvalue weighted by molar-refractivity contribution is -0.384. The first kappa shape index (κ1) is 16.5. The molecule has 6 nitrogen and oxygen atoms in total. The first-order valence-corrected chi connectivity index (χ1v) is 7.17. The minimum atomic E-state index is -0.494. The molecule has 2 rings (SSSR count). The van der Waals surface area contributed by atoms with Gasteiger partial charge in [0.15, 0.2) is 0 Å². The van der Waals surface area contributed by atoms with E-state index in [4.69, 9.17) is 4.74 Å². The highest BCUT2D eigenvalue weighted by molar-refractivity contribution is 5.93. The number of benzene rings is 2. The number of nitrogens with zero attached hydrogens (tertiary/aromatic N) is 1. The van der Waals surface area contributed by atoms with Crippen molar-refractivity contribution in [1.82, 2.24) is 0 Å². The van der Waals surface area contributed by atoms with Crippen molar-refractivity contribution >= 4 is 17.3 Å². The Morgan fingerprint density at radius 2 is 1.91 bits per heavy atom. The maximum atomic E-state index is 12.0. The molecule has 0 spiro atoms. The maximum absolute atomic E-state index is 12.0.